The fourth-order valence-electron chi connectivity index (χ4n) is 3.81. The highest BCUT2D eigenvalue weighted by molar-refractivity contribution is 14.0. The monoisotopic (exact) mass is 526 g/mol. The second kappa shape index (κ2) is 11.5. The lowest BCUT2D eigenvalue weighted by Crippen LogP contribution is -2.44. The molecule has 0 saturated carbocycles. The van der Waals surface area contributed by atoms with Gasteiger partial charge in [-0.05, 0) is 39.3 Å². The zero-order valence-electron chi connectivity index (χ0n) is 18.7. The number of nitrogens with one attached hydrogen (secondary N) is 2. The van der Waals surface area contributed by atoms with E-state index in [1.165, 1.54) is 22.5 Å². The van der Waals surface area contributed by atoms with E-state index in [-0.39, 0.29) is 24.0 Å². The predicted octanol–water partition coefficient (Wildman–Crippen LogP) is 3.02. The van der Waals surface area contributed by atoms with Crippen LogP contribution >= 0.6 is 24.0 Å². The van der Waals surface area contributed by atoms with Crippen LogP contribution in [0.4, 0.5) is 5.69 Å². The molecule has 1 atom stereocenters. The number of nitrogens with zero attached hydrogens (tertiary/aromatic N) is 4. The minimum absolute atomic E-state index is 0. The zero-order chi connectivity index (χ0) is 20.8. The summed E-state index contributed by atoms with van der Waals surface area (Å²) in [4.78, 5) is 6.85. The number of rotatable bonds is 7. The van der Waals surface area contributed by atoms with Crippen molar-refractivity contribution in [1.29, 1.82) is 0 Å². The number of hydrogen-bond donors (Lipinski definition) is 2. The Morgan fingerprint density at radius 1 is 1.23 bits per heavy atom. The van der Waals surface area contributed by atoms with Gasteiger partial charge in [0.1, 0.15) is 0 Å². The Morgan fingerprint density at radius 3 is 2.63 bits per heavy atom. The molecule has 166 valence electrons. The van der Waals surface area contributed by atoms with Crippen molar-refractivity contribution >= 4 is 35.6 Å². The van der Waals surface area contributed by atoms with Gasteiger partial charge in [0.15, 0.2) is 5.96 Å². The third kappa shape index (κ3) is 6.10. The fraction of sp³-hybridized carbons (Fsp3) is 0.545. The highest BCUT2D eigenvalue weighted by Crippen LogP contribution is 2.20. The molecule has 1 aliphatic rings. The van der Waals surface area contributed by atoms with Gasteiger partial charge in [0.25, 0.3) is 0 Å². The summed E-state index contributed by atoms with van der Waals surface area (Å²) in [7, 11) is 3.54. The molecule has 0 bridgehead atoms. The topological polar surface area (TPSA) is 66.7 Å². The van der Waals surface area contributed by atoms with Crippen molar-refractivity contribution in [2.75, 3.05) is 38.8 Å². The minimum Gasteiger partial charge on any atom is -0.383 e. The fourth-order valence-corrected chi connectivity index (χ4v) is 3.81. The lowest BCUT2D eigenvalue weighted by Gasteiger charge is -2.20. The van der Waals surface area contributed by atoms with Crippen molar-refractivity contribution in [3.63, 3.8) is 0 Å². The maximum Gasteiger partial charge on any atom is 0.191 e. The Balaban J connectivity index is 0.00000320. The van der Waals surface area contributed by atoms with Crippen molar-refractivity contribution in [3.8, 4) is 0 Å². The number of aromatic nitrogens is 2. The van der Waals surface area contributed by atoms with Gasteiger partial charge in [-0.25, -0.2) is 0 Å². The molecule has 1 aliphatic heterocycles. The zero-order valence-corrected chi connectivity index (χ0v) is 21.1. The van der Waals surface area contributed by atoms with Crippen molar-refractivity contribution < 1.29 is 4.74 Å². The smallest absolute Gasteiger partial charge is 0.191 e. The first kappa shape index (κ1) is 24.5. The molecule has 0 aliphatic carbocycles. The number of hydrogen-bond acceptors (Lipinski definition) is 4. The van der Waals surface area contributed by atoms with Crippen LogP contribution in [-0.2, 0) is 17.8 Å². The van der Waals surface area contributed by atoms with Crippen LogP contribution in [0.1, 0.15) is 28.9 Å². The first-order valence-electron chi connectivity index (χ1n) is 10.3. The van der Waals surface area contributed by atoms with Gasteiger partial charge in [-0.1, -0.05) is 17.7 Å². The van der Waals surface area contributed by atoms with Gasteiger partial charge in [0.05, 0.1) is 18.8 Å². The summed E-state index contributed by atoms with van der Waals surface area (Å²) in [5.74, 6) is 0.837. The highest BCUT2D eigenvalue weighted by atomic mass is 127. The molecule has 1 aromatic heterocycles. The lowest BCUT2D eigenvalue weighted by atomic mass is 10.2. The van der Waals surface area contributed by atoms with Crippen LogP contribution < -0.4 is 15.5 Å². The SMILES string of the molecule is CN=C(NCc1c(C)nn(CCOC)c1C)NC1CCN(c2ccc(C)cc2)C1.I. The lowest BCUT2D eigenvalue weighted by molar-refractivity contribution is 0.182. The van der Waals surface area contributed by atoms with Crippen molar-refractivity contribution in [2.45, 2.75) is 46.3 Å². The van der Waals surface area contributed by atoms with Crippen molar-refractivity contribution in [3.05, 3.63) is 46.8 Å². The molecule has 2 heterocycles. The second-order valence-electron chi connectivity index (χ2n) is 7.70. The van der Waals surface area contributed by atoms with Gasteiger partial charge >= 0.3 is 0 Å². The Labute approximate surface area is 197 Å². The summed E-state index contributed by atoms with van der Waals surface area (Å²) in [6.45, 7) is 10.5. The predicted molar refractivity (Wildman–Crippen MR) is 134 cm³/mol. The number of aryl methyl sites for hydroxylation is 2. The Kier molecular flexibility index (Phi) is 9.41. The molecule has 3 rings (SSSR count). The highest BCUT2D eigenvalue weighted by Gasteiger charge is 2.23. The average molecular weight is 526 g/mol. The third-order valence-electron chi connectivity index (χ3n) is 5.62. The molecule has 7 nitrogen and oxygen atoms in total. The summed E-state index contributed by atoms with van der Waals surface area (Å²) in [6.07, 6.45) is 1.10. The standard InChI is InChI=1S/C22H34N6O.HI/c1-16-6-8-20(9-7-16)27-11-10-19(15-27)25-22(23-4)24-14-21-17(2)26-28(18(21)3)12-13-29-5;/h6-9,19H,10-15H2,1-5H3,(H2,23,24,25);1H. The molecule has 1 aromatic carbocycles. The quantitative estimate of drug-likeness (QED) is 0.330. The van der Waals surface area contributed by atoms with Crippen LogP contribution in [0.2, 0.25) is 0 Å². The second-order valence-corrected chi connectivity index (χ2v) is 7.70. The molecule has 8 heteroatoms. The van der Waals surface area contributed by atoms with Gasteiger partial charge in [-0.2, -0.15) is 5.10 Å². The summed E-state index contributed by atoms with van der Waals surface area (Å²) in [5.41, 5.74) is 6.03. The molecule has 0 amide bonds. The van der Waals surface area contributed by atoms with E-state index in [2.05, 4.69) is 70.7 Å². The summed E-state index contributed by atoms with van der Waals surface area (Å²) in [5, 5.41) is 11.7. The van der Waals surface area contributed by atoms with Crippen LogP contribution in [0.5, 0.6) is 0 Å². The van der Waals surface area contributed by atoms with E-state index in [0.717, 1.165) is 37.7 Å². The minimum atomic E-state index is 0. The van der Waals surface area contributed by atoms with E-state index in [0.29, 0.717) is 19.2 Å². The van der Waals surface area contributed by atoms with Crippen LogP contribution in [-0.4, -0.2) is 55.6 Å². The van der Waals surface area contributed by atoms with Gasteiger partial charge in [-0.3, -0.25) is 9.67 Å². The Bertz CT molecular complexity index is 833. The molecule has 0 radical (unpaired) electrons. The first-order valence-corrected chi connectivity index (χ1v) is 10.3. The van der Waals surface area contributed by atoms with Crippen LogP contribution in [0.25, 0.3) is 0 Å². The number of methoxy groups -OCH3 is 1. The molecule has 1 saturated heterocycles. The number of ether oxygens (including phenoxy) is 1. The number of halogens is 1. The van der Waals surface area contributed by atoms with E-state index < -0.39 is 0 Å². The van der Waals surface area contributed by atoms with Crippen LogP contribution in [0.3, 0.4) is 0 Å². The number of guanidine groups is 1. The largest absolute Gasteiger partial charge is 0.383 e. The van der Waals surface area contributed by atoms with Crippen LogP contribution in [0, 0.1) is 20.8 Å². The van der Waals surface area contributed by atoms with Crippen LogP contribution in [0.15, 0.2) is 29.3 Å². The van der Waals surface area contributed by atoms with Crippen molar-refractivity contribution in [1.82, 2.24) is 20.4 Å². The number of aliphatic imine (C=N–C) groups is 1. The molecule has 0 spiro atoms. The average Bonchev–Trinajstić information content (AvgIpc) is 3.29. The summed E-state index contributed by atoms with van der Waals surface area (Å²) < 4.78 is 7.19. The maximum absolute atomic E-state index is 5.18. The number of anilines is 1. The van der Waals surface area contributed by atoms with Gasteiger partial charge < -0.3 is 20.3 Å². The molecular weight excluding hydrogens is 491 g/mol. The molecule has 1 unspecified atom stereocenters. The van der Waals surface area contributed by atoms with E-state index >= 15 is 0 Å². The molecule has 2 aromatic rings. The summed E-state index contributed by atoms with van der Waals surface area (Å²) >= 11 is 0. The molecule has 1 fully saturated rings. The van der Waals surface area contributed by atoms with E-state index in [1.54, 1.807) is 7.11 Å². The number of benzene rings is 1. The Hall–Kier alpha value is -1.81. The van der Waals surface area contributed by atoms with E-state index in [9.17, 15) is 0 Å². The van der Waals surface area contributed by atoms with Crippen molar-refractivity contribution in [2.24, 2.45) is 4.99 Å². The first-order chi connectivity index (χ1) is 14.0. The summed E-state index contributed by atoms with van der Waals surface area (Å²) in [6, 6.07) is 9.14. The Morgan fingerprint density at radius 2 is 1.97 bits per heavy atom. The normalized spacial score (nSPS) is 16.5. The molecule has 2 N–H and O–H groups in total. The van der Waals surface area contributed by atoms with Gasteiger partial charge in [0.2, 0.25) is 0 Å². The van der Waals surface area contributed by atoms with Gasteiger partial charge in [0, 0.05) is 56.8 Å². The maximum atomic E-state index is 5.18. The molecular formula is C22H35IN6O. The third-order valence-corrected chi connectivity index (χ3v) is 5.62. The van der Waals surface area contributed by atoms with Gasteiger partial charge in [-0.15, -0.1) is 24.0 Å². The van der Waals surface area contributed by atoms with E-state index in [4.69, 9.17) is 4.74 Å². The van der Waals surface area contributed by atoms with E-state index in [1.807, 2.05) is 11.7 Å². The molecule has 30 heavy (non-hydrogen) atoms.